The number of likely N-dealkylation sites (N-methyl/N-ethyl adjacent to an activating group) is 1. The molecule has 1 aliphatic rings. The van der Waals surface area contributed by atoms with Crippen LogP contribution in [0.1, 0.15) is 19.3 Å². The van der Waals surface area contributed by atoms with Crippen molar-refractivity contribution in [2.45, 2.75) is 25.3 Å². The second kappa shape index (κ2) is 5.19. The normalized spacial score (nSPS) is 24.5. The molecular weight excluding hydrogens is 166 g/mol. The van der Waals surface area contributed by atoms with Gasteiger partial charge in [-0.25, -0.2) is 0 Å². The molecule has 0 aliphatic carbocycles. The Balaban J connectivity index is 2.21. The third kappa shape index (κ3) is 3.74. The Kier molecular flexibility index (Phi) is 4.18. The molecule has 1 amide bonds. The first-order chi connectivity index (χ1) is 6.22. The van der Waals surface area contributed by atoms with Crippen LogP contribution >= 0.6 is 0 Å². The van der Waals surface area contributed by atoms with Crippen LogP contribution < -0.4 is 11.1 Å². The fraction of sp³-hybridized carbons (Fsp3) is 0.889. The van der Waals surface area contributed by atoms with Gasteiger partial charge in [0, 0.05) is 25.6 Å². The van der Waals surface area contributed by atoms with Crippen LogP contribution in [-0.4, -0.2) is 43.5 Å². The number of nitrogens with two attached hydrogens (primary N) is 1. The molecule has 0 aromatic heterocycles. The minimum Gasteiger partial charge on any atom is -0.370 e. The molecule has 4 heteroatoms. The number of piperidine rings is 1. The topological polar surface area (TPSA) is 58.4 Å². The van der Waals surface area contributed by atoms with E-state index in [1.54, 1.807) is 0 Å². The first-order valence-electron chi connectivity index (χ1n) is 4.90. The Morgan fingerprint density at radius 3 is 3.08 bits per heavy atom. The molecule has 1 saturated heterocycles. The Morgan fingerprint density at radius 1 is 1.69 bits per heavy atom. The SMILES string of the molecule is CNC1CCCN(CCC(N)=O)C1. The predicted octanol–water partition coefficient (Wildman–Crippen LogP) is -0.454. The summed E-state index contributed by atoms with van der Waals surface area (Å²) in [5.41, 5.74) is 5.10. The van der Waals surface area contributed by atoms with Crippen LogP contribution in [0.5, 0.6) is 0 Å². The first-order valence-corrected chi connectivity index (χ1v) is 4.90. The van der Waals surface area contributed by atoms with Crippen molar-refractivity contribution in [1.82, 2.24) is 10.2 Å². The van der Waals surface area contributed by atoms with E-state index in [0.29, 0.717) is 12.5 Å². The molecule has 0 saturated carbocycles. The zero-order valence-electron chi connectivity index (χ0n) is 8.25. The highest BCUT2D eigenvalue weighted by molar-refractivity contribution is 5.73. The lowest BCUT2D eigenvalue weighted by Gasteiger charge is -2.32. The zero-order chi connectivity index (χ0) is 9.68. The van der Waals surface area contributed by atoms with Gasteiger partial charge in [-0.15, -0.1) is 0 Å². The van der Waals surface area contributed by atoms with Gasteiger partial charge in [0.15, 0.2) is 0 Å². The third-order valence-corrected chi connectivity index (χ3v) is 2.59. The van der Waals surface area contributed by atoms with Gasteiger partial charge < -0.3 is 16.0 Å². The summed E-state index contributed by atoms with van der Waals surface area (Å²) in [6, 6.07) is 0.585. The molecule has 13 heavy (non-hydrogen) atoms. The van der Waals surface area contributed by atoms with Gasteiger partial charge in [-0.05, 0) is 26.4 Å². The lowest BCUT2D eigenvalue weighted by atomic mass is 10.1. The summed E-state index contributed by atoms with van der Waals surface area (Å²) in [5.74, 6) is -0.202. The molecule has 1 aliphatic heterocycles. The van der Waals surface area contributed by atoms with Crippen LogP contribution in [-0.2, 0) is 4.79 Å². The number of hydrogen-bond acceptors (Lipinski definition) is 3. The lowest BCUT2D eigenvalue weighted by Crippen LogP contribution is -2.45. The maximum atomic E-state index is 10.6. The number of carbonyl (C=O) groups excluding carboxylic acids is 1. The van der Waals surface area contributed by atoms with Crippen molar-refractivity contribution in [2.75, 3.05) is 26.7 Å². The maximum absolute atomic E-state index is 10.6. The van der Waals surface area contributed by atoms with Crippen molar-refractivity contribution in [2.24, 2.45) is 5.73 Å². The largest absolute Gasteiger partial charge is 0.370 e. The number of nitrogens with zero attached hydrogens (tertiary/aromatic N) is 1. The van der Waals surface area contributed by atoms with Crippen LogP contribution in [0, 0.1) is 0 Å². The number of carbonyl (C=O) groups is 1. The number of nitrogens with one attached hydrogen (secondary N) is 1. The zero-order valence-corrected chi connectivity index (χ0v) is 8.25. The molecule has 0 aromatic rings. The molecule has 1 rings (SSSR count). The maximum Gasteiger partial charge on any atom is 0.218 e. The van der Waals surface area contributed by atoms with Gasteiger partial charge in [-0.2, -0.15) is 0 Å². The molecule has 1 heterocycles. The van der Waals surface area contributed by atoms with E-state index in [1.165, 1.54) is 12.8 Å². The summed E-state index contributed by atoms with van der Waals surface area (Å²) >= 11 is 0. The number of hydrogen-bond donors (Lipinski definition) is 2. The van der Waals surface area contributed by atoms with E-state index in [-0.39, 0.29) is 5.91 Å². The molecule has 1 fully saturated rings. The molecule has 76 valence electrons. The van der Waals surface area contributed by atoms with E-state index in [4.69, 9.17) is 5.73 Å². The fourth-order valence-electron chi connectivity index (χ4n) is 1.76. The van der Waals surface area contributed by atoms with Crippen molar-refractivity contribution in [1.29, 1.82) is 0 Å². The van der Waals surface area contributed by atoms with Gasteiger partial charge in [-0.3, -0.25) is 4.79 Å². The molecule has 4 nitrogen and oxygen atoms in total. The van der Waals surface area contributed by atoms with Crippen LogP contribution in [0.15, 0.2) is 0 Å². The van der Waals surface area contributed by atoms with E-state index in [2.05, 4.69) is 10.2 Å². The molecule has 1 unspecified atom stereocenters. The number of rotatable bonds is 4. The molecule has 0 bridgehead atoms. The van der Waals surface area contributed by atoms with Crippen molar-refractivity contribution in [3.63, 3.8) is 0 Å². The Bertz CT molecular complexity index is 172. The van der Waals surface area contributed by atoms with Crippen LogP contribution in [0.25, 0.3) is 0 Å². The van der Waals surface area contributed by atoms with Gasteiger partial charge in [0.25, 0.3) is 0 Å². The molecule has 0 spiro atoms. The van der Waals surface area contributed by atoms with Gasteiger partial charge in [0.1, 0.15) is 0 Å². The van der Waals surface area contributed by atoms with Gasteiger partial charge >= 0.3 is 0 Å². The molecule has 1 atom stereocenters. The smallest absolute Gasteiger partial charge is 0.218 e. The Hall–Kier alpha value is -0.610. The quantitative estimate of drug-likeness (QED) is 0.623. The average molecular weight is 185 g/mol. The first kappa shape index (κ1) is 10.5. The van der Waals surface area contributed by atoms with Crippen molar-refractivity contribution < 1.29 is 4.79 Å². The van der Waals surface area contributed by atoms with Crippen LogP contribution in [0.3, 0.4) is 0 Å². The lowest BCUT2D eigenvalue weighted by molar-refractivity contribution is -0.118. The standard InChI is InChI=1S/C9H19N3O/c1-11-8-3-2-5-12(7-8)6-4-9(10)13/h8,11H,2-7H2,1H3,(H2,10,13). The average Bonchev–Trinajstić information content (AvgIpc) is 2.15. The highest BCUT2D eigenvalue weighted by Crippen LogP contribution is 2.09. The summed E-state index contributed by atoms with van der Waals surface area (Å²) in [6.07, 6.45) is 2.93. The van der Waals surface area contributed by atoms with Crippen molar-refractivity contribution >= 4 is 5.91 Å². The monoisotopic (exact) mass is 185 g/mol. The number of amides is 1. The molecule has 3 N–H and O–H groups in total. The fourth-order valence-corrected chi connectivity index (χ4v) is 1.76. The Morgan fingerprint density at radius 2 is 2.46 bits per heavy atom. The summed E-state index contributed by atoms with van der Waals surface area (Å²) in [5, 5.41) is 3.26. The molecule has 0 aromatic carbocycles. The van der Waals surface area contributed by atoms with E-state index in [9.17, 15) is 4.79 Å². The Labute approximate surface area is 79.5 Å². The van der Waals surface area contributed by atoms with Gasteiger partial charge in [0.05, 0.1) is 0 Å². The molecule has 0 radical (unpaired) electrons. The van der Waals surface area contributed by atoms with Gasteiger partial charge in [0.2, 0.25) is 5.91 Å². The molecular formula is C9H19N3O. The number of likely N-dealkylation sites (tertiary alicyclic amines) is 1. The number of primary amides is 1. The van der Waals surface area contributed by atoms with Crippen molar-refractivity contribution in [3.8, 4) is 0 Å². The highest BCUT2D eigenvalue weighted by Gasteiger charge is 2.17. The van der Waals surface area contributed by atoms with E-state index < -0.39 is 0 Å². The summed E-state index contributed by atoms with van der Waals surface area (Å²) in [6.45, 7) is 2.96. The minimum atomic E-state index is -0.202. The van der Waals surface area contributed by atoms with Crippen LogP contribution in [0.2, 0.25) is 0 Å². The highest BCUT2D eigenvalue weighted by atomic mass is 16.1. The van der Waals surface area contributed by atoms with E-state index in [1.807, 2.05) is 7.05 Å². The van der Waals surface area contributed by atoms with Crippen LogP contribution in [0.4, 0.5) is 0 Å². The summed E-state index contributed by atoms with van der Waals surface area (Å²) in [4.78, 5) is 12.9. The van der Waals surface area contributed by atoms with E-state index in [0.717, 1.165) is 19.6 Å². The van der Waals surface area contributed by atoms with Gasteiger partial charge in [-0.1, -0.05) is 0 Å². The third-order valence-electron chi connectivity index (χ3n) is 2.59. The van der Waals surface area contributed by atoms with Crippen molar-refractivity contribution in [3.05, 3.63) is 0 Å². The second-order valence-corrected chi connectivity index (χ2v) is 3.64. The minimum absolute atomic E-state index is 0.202. The summed E-state index contributed by atoms with van der Waals surface area (Å²) in [7, 11) is 1.99. The second-order valence-electron chi connectivity index (χ2n) is 3.64. The predicted molar refractivity (Wildman–Crippen MR) is 52.3 cm³/mol. The van der Waals surface area contributed by atoms with E-state index >= 15 is 0 Å². The summed E-state index contributed by atoms with van der Waals surface area (Å²) < 4.78 is 0.